The van der Waals surface area contributed by atoms with Gasteiger partial charge in [0.05, 0.1) is 27.6 Å². The molecular formula is C24H27N3O5S2. The molecule has 1 atom stereocenters. The molecule has 180 valence electrons. The Balaban J connectivity index is 1.64. The second kappa shape index (κ2) is 10.2. The molecule has 0 aliphatic carbocycles. The van der Waals surface area contributed by atoms with Crippen molar-refractivity contribution < 1.29 is 22.7 Å². The van der Waals surface area contributed by atoms with Crippen molar-refractivity contribution in [3.05, 3.63) is 58.9 Å². The predicted molar refractivity (Wildman–Crippen MR) is 130 cm³/mol. The van der Waals surface area contributed by atoms with Crippen molar-refractivity contribution in [3.63, 3.8) is 0 Å². The first-order valence-electron chi connectivity index (χ1n) is 11.2. The molecule has 0 saturated carbocycles. The number of hydrogen-bond acceptors (Lipinski definition) is 6. The monoisotopic (exact) mass is 501 g/mol. The number of aromatic nitrogens is 1. The Bertz CT molecular complexity index is 1380. The van der Waals surface area contributed by atoms with Crippen molar-refractivity contribution in [2.45, 2.75) is 38.1 Å². The van der Waals surface area contributed by atoms with E-state index >= 15 is 0 Å². The first-order valence-corrected chi connectivity index (χ1v) is 13.4. The van der Waals surface area contributed by atoms with Crippen LogP contribution in [0.2, 0.25) is 0 Å². The molecule has 1 aromatic heterocycles. The molecule has 0 spiro atoms. The molecule has 1 saturated heterocycles. The van der Waals surface area contributed by atoms with Gasteiger partial charge in [0, 0.05) is 13.1 Å². The van der Waals surface area contributed by atoms with Gasteiger partial charge in [0.25, 0.3) is 5.91 Å². The lowest BCUT2D eigenvalue weighted by atomic mass is 9.99. The van der Waals surface area contributed by atoms with Crippen LogP contribution in [0.15, 0.2) is 58.4 Å². The number of thiazole rings is 1. The molecule has 1 amide bonds. The maximum Gasteiger partial charge on any atom is 0.326 e. The Morgan fingerprint density at radius 1 is 1.18 bits per heavy atom. The highest BCUT2D eigenvalue weighted by molar-refractivity contribution is 7.89. The Hall–Kier alpha value is -2.82. The number of piperidine rings is 1. The zero-order valence-corrected chi connectivity index (χ0v) is 20.8. The molecule has 4 rings (SSSR count). The number of benzene rings is 2. The van der Waals surface area contributed by atoms with E-state index in [2.05, 4.69) is 4.99 Å². The zero-order valence-electron chi connectivity index (χ0n) is 19.1. The number of carbonyl (C=O) groups is 2. The molecule has 3 aromatic rings. The van der Waals surface area contributed by atoms with Gasteiger partial charge in [-0.15, -0.1) is 0 Å². The topological polar surface area (TPSA) is 98.0 Å². The maximum atomic E-state index is 13.2. The summed E-state index contributed by atoms with van der Waals surface area (Å²) in [6.45, 7) is 4.38. The number of rotatable bonds is 6. The molecule has 1 aliphatic heterocycles. The van der Waals surface area contributed by atoms with E-state index < -0.39 is 21.9 Å². The van der Waals surface area contributed by atoms with Gasteiger partial charge in [0.15, 0.2) is 4.80 Å². The summed E-state index contributed by atoms with van der Waals surface area (Å²) in [6.07, 6.45) is 1.14. The molecule has 0 N–H and O–H groups in total. The summed E-state index contributed by atoms with van der Waals surface area (Å²) in [6, 6.07) is 14.1. The van der Waals surface area contributed by atoms with Crippen LogP contribution in [0.25, 0.3) is 10.2 Å². The van der Waals surface area contributed by atoms with Gasteiger partial charge < -0.3 is 9.30 Å². The smallest absolute Gasteiger partial charge is 0.326 e. The quantitative estimate of drug-likeness (QED) is 0.484. The second-order valence-electron chi connectivity index (χ2n) is 8.21. The fourth-order valence-electron chi connectivity index (χ4n) is 4.04. The number of amides is 1. The van der Waals surface area contributed by atoms with Gasteiger partial charge >= 0.3 is 5.97 Å². The fourth-order valence-corrected chi connectivity index (χ4v) is 6.72. The van der Waals surface area contributed by atoms with Crippen LogP contribution in [0.3, 0.4) is 0 Å². The number of aryl methyl sites for hydroxylation is 1. The number of ether oxygens (including phenoxy) is 1. The second-order valence-corrected chi connectivity index (χ2v) is 11.2. The highest BCUT2D eigenvalue weighted by Crippen LogP contribution is 2.25. The standard InChI is InChI=1S/C24H27N3O5S2/c1-3-32-22(28)16-27-20-12-11-17(2)14-21(20)33-24(27)25-23(29)18-8-7-13-26(15-18)34(30,31)19-9-5-4-6-10-19/h4-6,9-12,14,18H,3,7-8,13,15-16H2,1-2H3. The van der Waals surface area contributed by atoms with Crippen LogP contribution in [0.1, 0.15) is 25.3 Å². The Morgan fingerprint density at radius 3 is 2.68 bits per heavy atom. The van der Waals surface area contributed by atoms with Crippen molar-refractivity contribution in [1.29, 1.82) is 0 Å². The number of esters is 1. The molecule has 0 bridgehead atoms. The first kappa shape index (κ1) is 24.3. The van der Waals surface area contributed by atoms with E-state index in [-0.39, 0.29) is 30.5 Å². The minimum Gasteiger partial charge on any atom is -0.465 e. The predicted octanol–water partition coefficient (Wildman–Crippen LogP) is 3.10. The van der Waals surface area contributed by atoms with E-state index in [1.165, 1.54) is 15.6 Å². The van der Waals surface area contributed by atoms with Gasteiger partial charge in [-0.05, 0) is 56.5 Å². The van der Waals surface area contributed by atoms with Crippen LogP contribution < -0.4 is 4.80 Å². The lowest BCUT2D eigenvalue weighted by Crippen LogP contribution is -2.42. The summed E-state index contributed by atoms with van der Waals surface area (Å²) in [5.74, 6) is -1.33. The Kier molecular flexibility index (Phi) is 7.30. The molecule has 0 radical (unpaired) electrons. The molecular weight excluding hydrogens is 474 g/mol. The lowest BCUT2D eigenvalue weighted by molar-refractivity contribution is -0.143. The van der Waals surface area contributed by atoms with E-state index in [1.807, 2.05) is 25.1 Å². The van der Waals surface area contributed by atoms with E-state index in [0.717, 1.165) is 15.8 Å². The SMILES string of the molecule is CCOC(=O)Cn1c(=NC(=O)C2CCCN(S(=O)(=O)c3ccccc3)C2)sc2cc(C)ccc21. The van der Waals surface area contributed by atoms with Crippen molar-refractivity contribution in [2.24, 2.45) is 10.9 Å². The molecule has 2 heterocycles. The molecule has 8 nitrogen and oxygen atoms in total. The van der Waals surface area contributed by atoms with E-state index in [9.17, 15) is 18.0 Å². The van der Waals surface area contributed by atoms with Gasteiger partial charge in [0.1, 0.15) is 6.54 Å². The summed E-state index contributed by atoms with van der Waals surface area (Å²) in [5, 5.41) is 0. The third-order valence-corrected chi connectivity index (χ3v) is 8.67. The largest absolute Gasteiger partial charge is 0.465 e. The van der Waals surface area contributed by atoms with Crippen LogP contribution in [0.4, 0.5) is 0 Å². The Labute approximate surface area is 202 Å². The van der Waals surface area contributed by atoms with Crippen molar-refractivity contribution in [2.75, 3.05) is 19.7 Å². The lowest BCUT2D eigenvalue weighted by Gasteiger charge is -2.30. The molecule has 34 heavy (non-hydrogen) atoms. The van der Waals surface area contributed by atoms with Crippen LogP contribution in [0, 0.1) is 12.8 Å². The van der Waals surface area contributed by atoms with Crippen molar-refractivity contribution in [3.8, 4) is 0 Å². The Morgan fingerprint density at radius 2 is 1.94 bits per heavy atom. The normalized spacial score (nSPS) is 17.7. The van der Waals surface area contributed by atoms with Crippen LogP contribution in [-0.2, 0) is 30.9 Å². The van der Waals surface area contributed by atoms with Gasteiger partial charge in [0.2, 0.25) is 10.0 Å². The minimum atomic E-state index is -3.68. The fraction of sp³-hybridized carbons (Fsp3) is 0.375. The minimum absolute atomic E-state index is 0.0534. The first-order chi connectivity index (χ1) is 16.3. The number of hydrogen-bond donors (Lipinski definition) is 0. The van der Waals surface area contributed by atoms with Crippen LogP contribution in [0.5, 0.6) is 0 Å². The molecule has 10 heteroatoms. The number of carbonyl (C=O) groups excluding carboxylic acids is 2. The summed E-state index contributed by atoms with van der Waals surface area (Å²) >= 11 is 1.33. The van der Waals surface area contributed by atoms with Crippen LogP contribution in [-0.4, -0.2) is 48.9 Å². The number of nitrogens with zero attached hydrogens (tertiary/aromatic N) is 3. The summed E-state index contributed by atoms with van der Waals surface area (Å²) in [7, 11) is -3.68. The third-order valence-electron chi connectivity index (χ3n) is 5.75. The summed E-state index contributed by atoms with van der Waals surface area (Å²) in [4.78, 5) is 30.4. The molecule has 2 aromatic carbocycles. The highest BCUT2D eigenvalue weighted by atomic mass is 32.2. The van der Waals surface area contributed by atoms with Gasteiger partial charge in [-0.25, -0.2) is 8.42 Å². The van der Waals surface area contributed by atoms with E-state index in [4.69, 9.17) is 4.74 Å². The third kappa shape index (κ3) is 5.13. The summed E-state index contributed by atoms with van der Waals surface area (Å²) < 4.78 is 35.1. The van der Waals surface area contributed by atoms with E-state index in [0.29, 0.717) is 24.2 Å². The maximum absolute atomic E-state index is 13.2. The van der Waals surface area contributed by atoms with Crippen molar-refractivity contribution >= 4 is 43.5 Å². The molecule has 1 fully saturated rings. The molecule has 1 unspecified atom stereocenters. The number of sulfonamides is 1. The summed E-state index contributed by atoms with van der Waals surface area (Å²) in [5.41, 5.74) is 1.86. The highest BCUT2D eigenvalue weighted by Gasteiger charge is 2.33. The zero-order chi connectivity index (χ0) is 24.3. The van der Waals surface area contributed by atoms with Gasteiger partial charge in [-0.2, -0.15) is 9.30 Å². The van der Waals surface area contributed by atoms with E-state index in [1.54, 1.807) is 41.8 Å². The average Bonchev–Trinajstić information content (AvgIpc) is 3.15. The molecule has 1 aliphatic rings. The van der Waals surface area contributed by atoms with Gasteiger partial charge in [-0.1, -0.05) is 35.6 Å². The van der Waals surface area contributed by atoms with Crippen molar-refractivity contribution in [1.82, 2.24) is 8.87 Å². The van der Waals surface area contributed by atoms with Crippen LogP contribution >= 0.6 is 11.3 Å². The number of fused-ring (bicyclic) bond motifs is 1. The van der Waals surface area contributed by atoms with Gasteiger partial charge in [-0.3, -0.25) is 9.59 Å². The average molecular weight is 502 g/mol.